The topological polar surface area (TPSA) is 20.2 Å². The van der Waals surface area contributed by atoms with Gasteiger partial charge < -0.3 is 5.02 Å². The molecule has 0 amide bonds. The summed E-state index contributed by atoms with van der Waals surface area (Å²) in [5.41, 5.74) is 10.6. The molecule has 125 valence electrons. The lowest BCUT2D eigenvalue weighted by atomic mass is 9.78. The van der Waals surface area contributed by atoms with E-state index >= 15 is 0 Å². The second kappa shape index (κ2) is 5.62. The second-order valence-electron chi connectivity index (χ2n) is 6.90. The molecule has 6 bridgehead atoms. The van der Waals surface area contributed by atoms with Gasteiger partial charge in [-0.05, 0) is 56.5 Å². The zero-order valence-corrected chi connectivity index (χ0v) is 15.3. The molecule has 4 aromatic carbocycles. The number of fused-ring (bicyclic) bond motifs is 3. The molecular formula is C24H14BOS. The van der Waals surface area contributed by atoms with Crippen LogP contribution >= 0.6 is 11.8 Å². The van der Waals surface area contributed by atoms with Gasteiger partial charge in [0.2, 0.25) is 0 Å². The van der Waals surface area contributed by atoms with Gasteiger partial charge in [0.05, 0.1) is 0 Å². The van der Waals surface area contributed by atoms with Gasteiger partial charge in [-0.15, -0.1) is 0 Å². The fourth-order valence-electron chi connectivity index (χ4n) is 4.46. The molecule has 4 aromatic rings. The molecule has 3 heteroatoms. The Labute approximate surface area is 163 Å². The summed E-state index contributed by atoms with van der Waals surface area (Å²) in [6.07, 6.45) is 0. The van der Waals surface area contributed by atoms with Crippen LogP contribution in [0.1, 0.15) is 0 Å². The van der Waals surface area contributed by atoms with Crippen LogP contribution in [-0.4, -0.2) is 12.5 Å². The Morgan fingerprint density at radius 1 is 0.519 bits per heavy atom. The summed E-state index contributed by atoms with van der Waals surface area (Å²) in [5.74, 6) is 0. The van der Waals surface area contributed by atoms with Crippen LogP contribution in [0, 0.1) is 0 Å². The molecule has 0 unspecified atom stereocenters. The summed E-state index contributed by atoms with van der Waals surface area (Å²) in [6, 6.07) is 28.0. The van der Waals surface area contributed by atoms with Gasteiger partial charge in [-0.1, -0.05) is 78.5 Å². The maximum atomic E-state index is 9.98. The molecule has 2 aliphatic rings. The Balaban J connectivity index is 1.93. The summed E-state index contributed by atoms with van der Waals surface area (Å²) in [7, 11) is 1.24. The molecule has 1 heterocycles. The Kier molecular flexibility index (Phi) is 3.19. The smallest absolute Gasteiger partial charge is 0.327 e. The largest absolute Gasteiger partial charge is 0.450 e. The number of hydrogen-bond acceptors (Lipinski definition) is 2. The van der Waals surface area contributed by atoms with Gasteiger partial charge in [-0.25, -0.2) is 0 Å². The summed E-state index contributed by atoms with van der Waals surface area (Å²) in [4.78, 5) is 2.52. The molecule has 6 rings (SSSR count). The van der Waals surface area contributed by atoms with Crippen molar-refractivity contribution in [3.05, 3.63) is 78.9 Å². The molecule has 0 saturated carbocycles. The van der Waals surface area contributed by atoms with Gasteiger partial charge in [-0.3, -0.25) is 0 Å². The quantitative estimate of drug-likeness (QED) is 0.398. The van der Waals surface area contributed by atoms with Gasteiger partial charge in [-0.2, -0.15) is 0 Å². The Bertz CT molecular complexity index is 1250. The molecule has 0 saturated heterocycles. The third-order valence-electron chi connectivity index (χ3n) is 5.53. The van der Waals surface area contributed by atoms with Crippen molar-refractivity contribution in [2.24, 2.45) is 0 Å². The van der Waals surface area contributed by atoms with E-state index in [0.29, 0.717) is 0 Å². The van der Waals surface area contributed by atoms with Crippen LogP contribution in [0.2, 0.25) is 0 Å². The van der Waals surface area contributed by atoms with Crippen LogP contribution in [0.3, 0.4) is 0 Å². The minimum atomic E-state index is 0.859. The molecule has 0 aromatic heterocycles. The molecule has 1 aliphatic heterocycles. The van der Waals surface area contributed by atoms with E-state index in [-0.39, 0.29) is 0 Å². The first-order valence-corrected chi connectivity index (χ1v) is 9.83. The Morgan fingerprint density at radius 2 is 1.11 bits per heavy atom. The van der Waals surface area contributed by atoms with Crippen LogP contribution in [0.15, 0.2) is 88.7 Å². The zero-order chi connectivity index (χ0) is 18.0. The van der Waals surface area contributed by atoms with Crippen LogP contribution in [0.5, 0.6) is 0 Å². The van der Waals surface area contributed by atoms with Crippen LogP contribution < -0.4 is 5.46 Å². The highest BCUT2D eigenvalue weighted by Gasteiger charge is 2.29. The van der Waals surface area contributed by atoms with Crippen molar-refractivity contribution >= 4 is 24.7 Å². The van der Waals surface area contributed by atoms with Crippen LogP contribution in [0.4, 0.5) is 0 Å². The van der Waals surface area contributed by atoms with Crippen molar-refractivity contribution in [1.29, 1.82) is 0 Å². The maximum Gasteiger partial charge on any atom is 0.327 e. The first-order chi connectivity index (χ1) is 13.4. The molecule has 0 fully saturated rings. The lowest BCUT2D eigenvalue weighted by Gasteiger charge is -2.20. The third kappa shape index (κ3) is 2.01. The van der Waals surface area contributed by atoms with Crippen LogP contribution in [-0.2, 0) is 0 Å². The fraction of sp³-hybridized carbons (Fsp3) is 0. The van der Waals surface area contributed by atoms with Crippen molar-refractivity contribution in [3.8, 4) is 44.5 Å². The van der Waals surface area contributed by atoms with Crippen molar-refractivity contribution in [1.82, 2.24) is 0 Å². The van der Waals surface area contributed by atoms with E-state index in [0.717, 1.165) is 11.0 Å². The predicted octanol–water partition coefficient (Wildman–Crippen LogP) is 5.37. The summed E-state index contributed by atoms with van der Waals surface area (Å²) >= 11 is 1.83. The summed E-state index contributed by atoms with van der Waals surface area (Å²) in [5, 5.41) is 9.98. The fourth-order valence-corrected chi connectivity index (χ4v) is 5.59. The van der Waals surface area contributed by atoms with E-state index in [1.54, 1.807) is 0 Å². The molecule has 0 spiro atoms. The molecule has 1 N–H and O–H groups in total. The van der Waals surface area contributed by atoms with E-state index in [1.807, 2.05) is 23.9 Å². The van der Waals surface area contributed by atoms with Gasteiger partial charge in [0.15, 0.2) is 0 Å². The zero-order valence-electron chi connectivity index (χ0n) is 14.4. The highest BCUT2D eigenvalue weighted by atomic mass is 32.2. The standard InChI is InChI=1S/C24H14BOS/c26-25-19-11-4-10-18-23(19)17-9-3-7-14-15-8-5-13-21(24(15)18)27-20-12-2-1-6-16(20)22(14)17/h1-13,26H. The van der Waals surface area contributed by atoms with Crippen molar-refractivity contribution in [3.63, 3.8) is 0 Å². The van der Waals surface area contributed by atoms with Crippen molar-refractivity contribution in [2.75, 3.05) is 0 Å². The highest BCUT2D eigenvalue weighted by Crippen LogP contribution is 2.56. The first-order valence-electron chi connectivity index (χ1n) is 9.01. The van der Waals surface area contributed by atoms with E-state index in [9.17, 15) is 5.02 Å². The minimum absolute atomic E-state index is 0.859. The third-order valence-corrected chi connectivity index (χ3v) is 6.67. The summed E-state index contributed by atoms with van der Waals surface area (Å²) < 4.78 is 0. The van der Waals surface area contributed by atoms with E-state index in [4.69, 9.17) is 0 Å². The van der Waals surface area contributed by atoms with Crippen LogP contribution in [0.25, 0.3) is 44.5 Å². The average Bonchev–Trinajstić information content (AvgIpc) is 2.76. The van der Waals surface area contributed by atoms with Gasteiger partial charge in [0, 0.05) is 15.4 Å². The minimum Gasteiger partial charge on any atom is -0.450 e. The molecule has 27 heavy (non-hydrogen) atoms. The van der Waals surface area contributed by atoms with Gasteiger partial charge in [0.1, 0.15) is 0 Å². The van der Waals surface area contributed by atoms with E-state index in [2.05, 4.69) is 66.7 Å². The molecule has 1 radical (unpaired) electrons. The summed E-state index contributed by atoms with van der Waals surface area (Å²) in [6.45, 7) is 0. The van der Waals surface area contributed by atoms with Gasteiger partial charge in [0.25, 0.3) is 0 Å². The van der Waals surface area contributed by atoms with E-state index in [1.165, 1.54) is 56.2 Å². The average molecular weight is 361 g/mol. The Morgan fingerprint density at radius 3 is 1.96 bits per heavy atom. The second-order valence-corrected chi connectivity index (χ2v) is 7.99. The lowest BCUT2D eigenvalue weighted by Crippen LogP contribution is -2.17. The lowest BCUT2D eigenvalue weighted by molar-refractivity contribution is 0.615. The Hall–Kier alpha value is -2.75. The van der Waals surface area contributed by atoms with Crippen molar-refractivity contribution < 1.29 is 5.02 Å². The maximum absolute atomic E-state index is 9.98. The van der Waals surface area contributed by atoms with Crippen molar-refractivity contribution in [2.45, 2.75) is 9.79 Å². The number of benzene rings is 4. The predicted molar refractivity (Wildman–Crippen MR) is 113 cm³/mol. The monoisotopic (exact) mass is 361 g/mol. The van der Waals surface area contributed by atoms with E-state index < -0.39 is 0 Å². The number of hydrogen-bond donors (Lipinski definition) is 1. The first kappa shape index (κ1) is 15.3. The van der Waals surface area contributed by atoms with Gasteiger partial charge >= 0.3 is 7.48 Å². The number of rotatable bonds is 1. The molecule has 1 aliphatic carbocycles. The molecule has 0 atom stereocenters. The molecular weight excluding hydrogens is 347 g/mol. The normalized spacial score (nSPS) is 12.5. The SMILES string of the molecule is O[B]c1cccc2c1-c1cccc3c1-c1ccccc1Sc1cccc-3c1-2. The highest BCUT2D eigenvalue weighted by molar-refractivity contribution is 7.99. The molecule has 1 nitrogen and oxygen atoms in total.